The molecule has 3 aromatic rings. The fourth-order valence-electron chi connectivity index (χ4n) is 3.50. The summed E-state index contributed by atoms with van der Waals surface area (Å²) >= 11 is 1.41. The van der Waals surface area contributed by atoms with Crippen LogP contribution < -0.4 is 5.32 Å². The van der Waals surface area contributed by atoms with Crippen molar-refractivity contribution in [1.82, 2.24) is 0 Å². The first-order valence-electron chi connectivity index (χ1n) is 10.6. The average molecular weight is 436 g/mol. The quantitative estimate of drug-likeness (QED) is 0.406. The van der Waals surface area contributed by atoms with Gasteiger partial charge in [-0.15, -0.1) is 11.3 Å². The zero-order valence-electron chi connectivity index (χ0n) is 18.5. The number of nitrogens with one attached hydrogen (secondary N) is 1. The highest BCUT2D eigenvalue weighted by molar-refractivity contribution is 7.17. The van der Waals surface area contributed by atoms with Crippen LogP contribution in [0.1, 0.15) is 59.5 Å². The van der Waals surface area contributed by atoms with E-state index in [2.05, 4.69) is 43.4 Å². The van der Waals surface area contributed by atoms with Crippen LogP contribution in [-0.4, -0.2) is 18.5 Å². The smallest absolute Gasteiger partial charge is 0.341 e. The van der Waals surface area contributed by atoms with Crippen molar-refractivity contribution in [1.29, 1.82) is 0 Å². The van der Waals surface area contributed by atoms with E-state index in [9.17, 15) is 9.59 Å². The topological polar surface area (TPSA) is 55.4 Å². The van der Waals surface area contributed by atoms with Crippen LogP contribution >= 0.6 is 11.3 Å². The van der Waals surface area contributed by atoms with Crippen LogP contribution in [0.4, 0.5) is 5.00 Å². The van der Waals surface area contributed by atoms with Crippen molar-refractivity contribution in [2.75, 3.05) is 11.9 Å². The predicted octanol–water partition coefficient (Wildman–Crippen LogP) is 6.59. The van der Waals surface area contributed by atoms with E-state index in [0.717, 1.165) is 21.6 Å². The maximum absolute atomic E-state index is 12.8. The summed E-state index contributed by atoms with van der Waals surface area (Å²) in [5.41, 5.74) is 4.60. The third-order valence-corrected chi connectivity index (χ3v) is 6.19. The third kappa shape index (κ3) is 5.61. The Morgan fingerprint density at radius 3 is 2.32 bits per heavy atom. The van der Waals surface area contributed by atoms with E-state index < -0.39 is 5.97 Å². The molecule has 0 unspecified atom stereocenters. The van der Waals surface area contributed by atoms with Gasteiger partial charge in [0.25, 0.3) is 0 Å². The number of hydrogen-bond donors (Lipinski definition) is 1. The van der Waals surface area contributed by atoms with Gasteiger partial charge >= 0.3 is 5.97 Å². The van der Waals surface area contributed by atoms with Gasteiger partial charge in [-0.1, -0.05) is 68.4 Å². The van der Waals surface area contributed by atoms with Crippen molar-refractivity contribution in [3.8, 4) is 11.1 Å². The summed E-state index contributed by atoms with van der Waals surface area (Å²) in [6.07, 6.45) is 0.996. The van der Waals surface area contributed by atoms with Gasteiger partial charge in [-0.25, -0.2) is 4.79 Å². The molecule has 0 saturated heterocycles. The molecule has 5 heteroatoms. The summed E-state index contributed by atoms with van der Waals surface area (Å²) in [5.74, 6) is -0.0378. The Labute approximate surface area is 188 Å². The Kier molecular flexibility index (Phi) is 7.64. The number of ether oxygens (including phenoxy) is 1. The van der Waals surface area contributed by atoms with Gasteiger partial charge in [0.2, 0.25) is 5.91 Å². The van der Waals surface area contributed by atoms with Crippen LogP contribution in [-0.2, 0) is 16.0 Å². The summed E-state index contributed by atoms with van der Waals surface area (Å²) in [4.78, 5) is 26.4. The van der Waals surface area contributed by atoms with Gasteiger partial charge in [0.15, 0.2) is 0 Å². The van der Waals surface area contributed by atoms with Crippen LogP contribution in [0.15, 0.2) is 54.6 Å². The van der Waals surface area contributed by atoms with Gasteiger partial charge in [-0.2, -0.15) is 0 Å². The number of amides is 1. The fraction of sp³-hybridized carbons (Fsp3) is 0.308. The van der Waals surface area contributed by atoms with Gasteiger partial charge < -0.3 is 10.1 Å². The Morgan fingerprint density at radius 1 is 1.03 bits per heavy atom. The lowest BCUT2D eigenvalue weighted by molar-refractivity contribution is -0.116. The zero-order chi connectivity index (χ0) is 22.4. The first-order chi connectivity index (χ1) is 14.9. The highest BCUT2D eigenvalue weighted by atomic mass is 32.1. The highest BCUT2D eigenvalue weighted by Gasteiger charge is 2.25. The molecule has 0 aliphatic rings. The molecule has 0 radical (unpaired) electrons. The monoisotopic (exact) mass is 435 g/mol. The molecule has 162 valence electrons. The molecule has 1 heterocycles. The number of esters is 1. The number of benzene rings is 2. The molecule has 4 nitrogen and oxygen atoms in total. The van der Waals surface area contributed by atoms with E-state index in [0.29, 0.717) is 29.3 Å². The molecule has 3 rings (SSSR count). The Hall–Kier alpha value is -2.92. The lowest BCUT2D eigenvalue weighted by Crippen LogP contribution is -2.15. The summed E-state index contributed by atoms with van der Waals surface area (Å²) in [6, 6.07) is 18.1. The highest BCUT2D eigenvalue weighted by Crippen LogP contribution is 2.40. The maximum Gasteiger partial charge on any atom is 0.341 e. The molecule has 1 amide bonds. The third-order valence-electron chi connectivity index (χ3n) is 5.17. The van der Waals surface area contributed by atoms with Gasteiger partial charge in [0.05, 0.1) is 6.61 Å². The SMILES string of the molecule is CCOC(=O)c1c(NC(=O)CCc2ccc(C(C)C)cc2)sc(C)c1-c1ccccc1. The summed E-state index contributed by atoms with van der Waals surface area (Å²) in [7, 11) is 0. The summed E-state index contributed by atoms with van der Waals surface area (Å²) < 4.78 is 5.30. The number of rotatable bonds is 8. The van der Waals surface area contributed by atoms with Gasteiger partial charge in [-0.05, 0) is 42.9 Å². The first-order valence-corrected chi connectivity index (χ1v) is 11.5. The Bertz CT molecular complexity index is 1040. The second-order valence-electron chi connectivity index (χ2n) is 7.77. The molecular weight excluding hydrogens is 406 g/mol. The molecule has 0 bridgehead atoms. The molecule has 0 fully saturated rings. The molecule has 0 atom stereocenters. The van der Waals surface area contributed by atoms with Crippen LogP contribution in [0, 0.1) is 6.92 Å². The number of carbonyl (C=O) groups excluding carboxylic acids is 2. The van der Waals surface area contributed by atoms with E-state index in [1.807, 2.05) is 37.3 Å². The Balaban J connectivity index is 1.78. The van der Waals surface area contributed by atoms with Gasteiger partial charge in [0, 0.05) is 16.9 Å². The normalized spacial score (nSPS) is 10.9. The van der Waals surface area contributed by atoms with E-state index in [4.69, 9.17) is 4.74 Å². The van der Waals surface area contributed by atoms with Crippen molar-refractivity contribution in [2.24, 2.45) is 0 Å². The van der Waals surface area contributed by atoms with Gasteiger partial charge in [0.1, 0.15) is 10.6 Å². The second kappa shape index (κ2) is 10.4. The fourth-order valence-corrected chi connectivity index (χ4v) is 4.58. The minimum Gasteiger partial charge on any atom is -0.462 e. The second-order valence-corrected chi connectivity index (χ2v) is 8.99. The molecule has 0 aliphatic carbocycles. The van der Waals surface area contributed by atoms with Crippen molar-refractivity contribution < 1.29 is 14.3 Å². The maximum atomic E-state index is 12.8. The predicted molar refractivity (Wildman–Crippen MR) is 128 cm³/mol. The molecule has 0 aliphatic heterocycles. The minimum absolute atomic E-state index is 0.112. The minimum atomic E-state index is -0.412. The number of carbonyl (C=O) groups is 2. The van der Waals surface area contributed by atoms with Crippen molar-refractivity contribution in [3.05, 3.63) is 76.2 Å². The molecule has 31 heavy (non-hydrogen) atoms. The number of hydrogen-bond acceptors (Lipinski definition) is 4. The number of anilines is 1. The lowest BCUT2D eigenvalue weighted by atomic mass is 10.00. The zero-order valence-corrected chi connectivity index (χ0v) is 19.3. The van der Waals surface area contributed by atoms with Gasteiger partial charge in [-0.3, -0.25) is 4.79 Å². The van der Waals surface area contributed by atoms with Crippen molar-refractivity contribution in [2.45, 2.75) is 46.5 Å². The standard InChI is InChI=1S/C26H29NO3S/c1-5-30-26(29)24-23(21-9-7-6-8-10-21)18(4)31-25(24)27-22(28)16-13-19-11-14-20(15-12-19)17(2)3/h6-12,14-15,17H,5,13,16H2,1-4H3,(H,27,28). The number of aryl methyl sites for hydroxylation is 2. The Morgan fingerprint density at radius 2 is 1.71 bits per heavy atom. The number of thiophene rings is 1. The summed E-state index contributed by atoms with van der Waals surface area (Å²) in [5, 5.41) is 3.51. The van der Waals surface area contributed by atoms with Crippen LogP contribution in [0.25, 0.3) is 11.1 Å². The average Bonchev–Trinajstić information content (AvgIpc) is 3.08. The molecule has 1 N–H and O–H groups in total. The van der Waals surface area contributed by atoms with E-state index in [1.54, 1.807) is 6.92 Å². The van der Waals surface area contributed by atoms with Crippen molar-refractivity contribution in [3.63, 3.8) is 0 Å². The molecule has 0 spiro atoms. The molecule has 0 saturated carbocycles. The van der Waals surface area contributed by atoms with Crippen LogP contribution in [0.5, 0.6) is 0 Å². The molecular formula is C26H29NO3S. The summed E-state index contributed by atoms with van der Waals surface area (Å²) in [6.45, 7) is 8.35. The van der Waals surface area contributed by atoms with E-state index >= 15 is 0 Å². The largest absolute Gasteiger partial charge is 0.462 e. The van der Waals surface area contributed by atoms with E-state index in [1.165, 1.54) is 16.9 Å². The van der Waals surface area contributed by atoms with Crippen LogP contribution in [0.3, 0.4) is 0 Å². The molecule has 2 aromatic carbocycles. The van der Waals surface area contributed by atoms with Crippen molar-refractivity contribution >= 4 is 28.2 Å². The molecule has 1 aromatic heterocycles. The first kappa shape index (κ1) is 22.8. The van der Waals surface area contributed by atoms with Crippen LogP contribution in [0.2, 0.25) is 0 Å². The van der Waals surface area contributed by atoms with E-state index in [-0.39, 0.29) is 12.5 Å². The lowest BCUT2D eigenvalue weighted by Gasteiger charge is -2.10.